The minimum atomic E-state index is -1.51. The standard InChI is InChI=1S/C25H22BrNO5/c1-30-20-13-12-19-22(27-20)32-25(16-8-10-17(26)11-9-16)21(15-6-4-3-5-7-15)18(23(28)31-2)14-24(19,25)29/h3-13,18,21,29H,14H2,1-2H3/t18-,21?,24?,25?/m0/s1. The zero-order chi connectivity index (χ0) is 22.5. The van der Waals surface area contributed by atoms with Crippen LogP contribution in [0, 0.1) is 5.92 Å². The van der Waals surface area contributed by atoms with E-state index in [9.17, 15) is 9.90 Å². The lowest BCUT2D eigenvalue weighted by Gasteiger charge is -2.40. The van der Waals surface area contributed by atoms with Crippen LogP contribution in [-0.2, 0) is 20.7 Å². The van der Waals surface area contributed by atoms with Crippen molar-refractivity contribution in [2.24, 2.45) is 5.92 Å². The molecule has 2 aromatic carbocycles. The van der Waals surface area contributed by atoms with Gasteiger partial charge in [-0.1, -0.05) is 58.4 Å². The minimum Gasteiger partial charge on any atom is -0.481 e. The second kappa shape index (κ2) is 7.60. The molecule has 2 aliphatic rings. The Bertz CT molecular complexity index is 1170. The van der Waals surface area contributed by atoms with Crippen molar-refractivity contribution in [3.63, 3.8) is 0 Å². The van der Waals surface area contributed by atoms with Crippen molar-refractivity contribution in [3.8, 4) is 11.8 Å². The van der Waals surface area contributed by atoms with Crippen molar-refractivity contribution in [2.45, 2.75) is 23.5 Å². The highest BCUT2D eigenvalue weighted by atomic mass is 79.9. The van der Waals surface area contributed by atoms with Crippen LogP contribution in [0.4, 0.5) is 0 Å². The molecule has 7 heteroatoms. The van der Waals surface area contributed by atoms with E-state index in [4.69, 9.17) is 14.2 Å². The Morgan fingerprint density at radius 2 is 1.81 bits per heavy atom. The molecule has 5 rings (SSSR count). The molecule has 164 valence electrons. The number of carbonyl (C=O) groups excluding carboxylic acids is 1. The summed E-state index contributed by atoms with van der Waals surface area (Å²) in [7, 11) is 2.90. The number of nitrogens with zero attached hydrogens (tertiary/aromatic N) is 1. The number of aromatic nitrogens is 1. The van der Waals surface area contributed by atoms with Gasteiger partial charge < -0.3 is 19.3 Å². The Labute approximate surface area is 194 Å². The minimum absolute atomic E-state index is 0.135. The van der Waals surface area contributed by atoms with Crippen molar-refractivity contribution in [3.05, 3.63) is 87.9 Å². The van der Waals surface area contributed by atoms with E-state index in [1.54, 1.807) is 12.1 Å². The number of fused-ring (bicyclic) bond motifs is 3. The van der Waals surface area contributed by atoms with Crippen LogP contribution in [0.2, 0.25) is 0 Å². The lowest BCUT2D eigenvalue weighted by atomic mass is 9.71. The van der Waals surface area contributed by atoms with Gasteiger partial charge in [0.05, 0.1) is 25.7 Å². The SMILES string of the molecule is COC(=O)[C@H]1CC2(O)c3ccc(OC)nc3OC2(c2ccc(Br)cc2)C1c1ccccc1. The lowest BCUT2D eigenvalue weighted by molar-refractivity contribution is -0.146. The summed E-state index contributed by atoms with van der Waals surface area (Å²) >= 11 is 3.48. The van der Waals surface area contributed by atoms with Crippen LogP contribution in [-0.4, -0.2) is 30.3 Å². The first-order valence-electron chi connectivity index (χ1n) is 10.3. The van der Waals surface area contributed by atoms with E-state index in [0.29, 0.717) is 17.3 Å². The molecular formula is C25H22BrNO5. The van der Waals surface area contributed by atoms with E-state index >= 15 is 0 Å². The maximum absolute atomic E-state index is 13.0. The van der Waals surface area contributed by atoms with Crippen molar-refractivity contribution < 1.29 is 24.1 Å². The largest absolute Gasteiger partial charge is 0.481 e. The maximum atomic E-state index is 13.0. The molecule has 0 amide bonds. The van der Waals surface area contributed by atoms with E-state index < -0.39 is 23.0 Å². The third-order valence-electron chi connectivity index (χ3n) is 6.65. The van der Waals surface area contributed by atoms with Crippen molar-refractivity contribution in [1.29, 1.82) is 0 Å². The number of halogens is 1. The van der Waals surface area contributed by atoms with Gasteiger partial charge in [0, 0.05) is 16.5 Å². The van der Waals surface area contributed by atoms with Crippen LogP contribution in [0.5, 0.6) is 11.8 Å². The van der Waals surface area contributed by atoms with Crippen molar-refractivity contribution >= 4 is 21.9 Å². The van der Waals surface area contributed by atoms with Crippen molar-refractivity contribution in [1.82, 2.24) is 4.98 Å². The van der Waals surface area contributed by atoms with Gasteiger partial charge in [-0.3, -0.25) is 4.79 Å². The number of benzene rings is 2. The van der Waals surface area contributed by atoms with Crippen LogP contribution in [0.1, 0.15) is 29.0 Å². The molecule has 0 radical (unpaired) electrons. The van der Waals surface area contributed by atoms with E-state index in [2.05, 4.69) is 20.9 Å². The molecular weight excluding hydrogens is 474 g/mol. The van der Waals surface area contributed by atoms with E-state index in [1.807, 2.05) is 54.6 Å². The molecule has 32 heavy (non-hydrogen) atoms. The monoisotopic (exact) mass is 495 g/mol. The number of hydrogen-bond donors (Lipinski definition) is 1. The molecule has 1 saturated carbocycles. The third-order valence-corrected chi connectivity index (χ3v) is 7.18. The molecule has 1 aliphatic carbocycles. The summed E-state index contributed by atoms with van der Waals surface area (Å²) in [6, 6.07) is 20.7. The summed E-state index contributed by atoms with van der Waals surface area (Å²) in [5.41, 5.74) is -0.625. The van der Waals surface area contributed by atoms with Gasteiger partial charge in [0.25, 0.3) is 0 Å². The molecule has 1 N–H and O–H groups in total. The van der Waals surface area contributed by atoms with Crippen LogP contribution < -0.4 is 9.47 Å². The van der Waals surface area contributed by atoms with Gasteiger partial charge in [0.1, 0.15) is 5.60 Å². The number of methoxy groups -OCH3 is 2. The highest BCUT2D eigenvalue weighted by molar-refractivity contribution is 9.10. The number of rotatable bonds is 4. The van der Waals surface area contributed by atoms with Crippen LogP contribution in [0.15, 0.2) is 71.2 Å². The molecule has 2 heterocycles. The molecule has 1 aromatic heterocycles. The van der Waals surface area contributed by atoms with Gasteiger partial charge in [-0.05, 0) is 35.7 Å². The molecule has 3 unspecified atom stereocenters. The number of aliphatic hydroxyl groups is 1. The predicted octanol–water partition coefficient (Wildman–Crippen LogP) is 4.30. The predicted molar refractivity (Wildman–Crippen MR) is 120 cm³/mol. The topological polar surface area (TPSA) is 77.9 Å². The number of carbonyl (C=O) groups is 1. The average Bonchev–Trinajstić information content (AvgIpc) is 3.23. The Kier molecular flexibility index (Phi) is 4.98. The first kappa shape index (κ1) is 21.0. The first-order chi connectivity index (χ1) is 15.4. The van der Waals surface area contributed by atoms with Crippen LogP contribution in [0.25, 0.3) is 0 Å². The molecule has 0 bridgehead atoms. The number of pyridine rings is 1. The summed E-state index contributed by atoms with van der Waals surface area (Å²) in [6.45, 7) is 0. The zero-order valence-corrected chi connectivity index (χ0v) is 19.2. The van der Waals surface area contributed by atoms with Gasteiger partial charge in [0.2, 0.25) is 11.8 Å². The number of hydrogen-bond acceptors (Lipinski definition) is 6. The Hall–Kier alpha value is -2.90. The highest BCUT2D eigenvalue weighted by Crippen LogP contribution is 2.68. The fourth-order valence-corrected chi connectivity index (χ4v) is 5.61. The summed E-state index contributed by atoms with van der Waals surface area (Å²) < 4.78 is 18.0. The third kappa shape index (κ3) is 2.81. The summed E-state index contributed by atoms with van der Waals surface area (Å²) in [6.07, 6.45) is 0.135. The van der Waals surface area contributed by atoms with Crippen LogP contribution >= 0.6 is 15.9 Å². The Morgan fingerprint density at radius 3 is 2.47 bits per heavy atom. The van der Waals surface area contributed by atoms with Gasteiger partial charge in [-0.25, -0.2) is 0 Å². The Morgan fingerprint density at radius 1 is 1.09 bits per heavy atom. The lowest BCUT2D eigenvalue weighted by Crippen LogP contribution is -2.48. The van der Waals surface area contributed by atoms with E-state index in [1.165, 1.54) is 14.2 Å². The number of esters is 1. The summed E-state index contributed by atoms with van der Waals surface area (Å²) in [5, 5.41) is 12.3. The molecule has 3 aromatic rings. The van der Waals surface area contributed by atoms with Crippen LogP contribution in [0.3, 0.4) is 0 Å². The summed E-state index contributed by atoms with van der Waals surface area (Å²) in [4.78, 5) is 17.5. The van der Waals surface area contributed by atoms with Crippen molar-refractivity contribution in [2.75, 3.05) is 14.2 Å². The second-order valence-corrected chi connectivity index (χ2v) is 9.05. The van der Waals surface area contributed by atoms with E-state index in [-0.39, 0.29) is 12.4 Å². The Balaban J connectivity index is 1.81. The van der Waals surface area contributed by atoms with E-state index in [0.717, 1.165) is 15.6 Å². The molecule has 1 fully saturated rings. The summed E-state index contributed by atoms with van der Waals surface area (Å²) in [5.74, 6) is -0.823. The molecule has 6 nitrogen and oxygen atoms in total. The smallest absolute Gasteiger partial charge is 0.309 e. The molecule has 4 atom stereocenters. The van der Waals surface area contributed by atoms with Gasteiger partial charge in [-0.15, -0.1) is 0 Å². The molecule has 0 saturated heterocycles. The zero-order valence-electron chi connectivity index (χ0n) is 17.6. The van der Waals surface area contributed by atoms with Gasteiger partial charge >= 0.3 is 5.97 Å². The quantitative estimate of drug-likeness (QED) is 0.543. The fraction of sp³-hybridized carbons (Fsp3) is 0.280. The first-order valence-corrected chi connectivity index (χ1v) is 11.1. The van der Waals surface area contributed by atoms with Gasteiger partial charge in [0.15, 0.2) is 5.60 Å². The highest BCUT2D eigenvalue weighted by Gasteiger charge is 2.73. The normalized spacial score (nSPS) is 27.9. The number of ether oxygens (including phenoxy) is 3. The second-order valence-electron chi connectivity index (χ2n) is 8.13. The molecule has 1 aliphatic heterocycles. The van der Waals surface area contributed by atoms with Gasteiger partial charge in [-0.2, -0.15) is 4.98 Å². The average molecular weight is 496 g/mol. The molecule has 0 spiro atoms. The maximum Gasteiger partial charge on any atom is 0.309 e. The fourth-order valence-electron chi connectivity index (χ4n) is 5.34.